The second-order valence-electron chi connectivity index (χ2n) is 4.87. The normalized spacial score (nSPS) is 10.8. The third-order valence-corrected chi connectivity index (χ3v) is 4.11. The highest BCUT2D eigenvalue weighted by molar-refractivity contribution is 7.98. The van der Waals surface area contributed by atoms with E-state index in [0.29, 0.717) is 16.7 Å². The Morgan fingerprint density at radius 2 is 2.25 bits per heavy atom. The van der Waals surface area contributed by atoms with Crippen LogP contribution in [0.4, 0.5) is 15.8 Å². The van der Waals surface area contributed by atoms with Gasteiger partial charge < -0.3 is 14.5 Å². The zero-order valence-electron chi connectivity index (χ0n) is 13.1. The molecule has 0 aliphatic carbocycles. The van der Waals surface area contributed by atoms with E-state index in [-0.39, 0.29) is 18.1 Å². The van der Waals surface area contributed by atoms with Crippen molar-refractivity contribution in [3.8, 4) is 0 Å². The van der Waals surface area contributed by atoms with E-state index < -0.39 is 11.8 Å². The molecule has 2 aromatic heterocycles. The molecule has 2 heterocycles. The standard InChI is InChI=1S/C17H15FN2O3S/c1-3-22-17(21)16-15(11-9-19-7-6-14(11)23-16)20-13-5-4-10(24-2)8-12(13)18/h4-9,20H,3H2,1-2H3. The second kappa shape index (κ2) is 6.92. The molecule has 124 valence electrons. The van der Waals surface area contributed by atoms with Crippen molar-refractivity contribution in [1.29, 1.82) is 0 Å². The number of benzene rings is 1. The van der Waals surface area contributed by atoms with Crippen molar-refractivity contribution in [3.63, 3.8) is 0 Å². The molecule has 5 nitrogen and oxygen atoms in total. The second-order valence-corrected chi connectivity index (χ2v) is 5.75. The van der Waals surface area contributed by atoms with Crippen LogP contribution in [0.2, 0.25) is 0 Å². The summed E-state index contributed by atoms with van der Waals surface area (Å²) < 4.78 is 24.9. The smallest absolute Gasteiger partial charge is 0.376 e. The molecular formula is C17H15FN2O3S. The summed E-state index contributed by atoms with van der Waals surface area (Å²) in [7, 11) is 0. The van der Waals surface area contributed by atoms with Crippen LogP contribution in [0.5, 0.6) is 0 Å². The molecule has 24 heavy (non-hydrogen) atoms. The van der Waals surface area contributed by atoms with Gasteiger partial charge in [-0.05, 0) is 37.4 Å². The van der Waals surface area contributed by atoms with Crippen LogP contribution in [0, 0.1) is 5.82 Å². The molecule has 3 aromatic rings. The van der Waals surface area contributed by atoms with Crippen molar-refractivity contribution in [2.45, 2.75) is 11.8 Å². The molecule has 0 saturated heterocycles. The number of carbonyl (C=O) groups is 1. The molecule has 1 N–H and O–H groups in total. The van der Waals surface area contributed by atoms with Crippen molar-refractivity contribution in [3.05, 3.63) is 48.2 Å². The molecular weight excluding hydrogens is 331 g/mol. The van der Waals surface area contributed by atoms with Crippen molar-refractivity contribution in [2.75, 3.05) is 18.2 Å². The summed E-state index contributed by atoms with van der Waals surface area (Å²) in [5.74, 6) is -1.04. The summed E-state index contributed by atoms with van der Waals surface area (Å²) >= 11 is 1.45. The summed E-state index contributed by atoms with van der Waals surface area (Å²) in [6.07, 6.45) is 4.98. The summed E-state index contributed by atoms with van der Waals surface area (Å²) in [5.41, 5.74) is 1.05. The Kier molecular flexibility index (Phi) is 4.71. The topological polar surface area (TPSA) is 64.4 Å². The molecule has 0 atom stereocenters. The number of esters is 1. The molecule has 0 bridgehead atoms. The Hall–Kier alpha value is -2.54. The molecule has 1 aromatic carbocycles. The maximum atomic E-state index is 14.3. The van der Waals surface area contributed by atoms with Gasteiger partial charge in [0, 0.05) is 17.3 Å². The molecule has 0 radical (unpaired) electrons. The average molecular weight is 346 g/mol. The van der Waals surface area contributed by atoms with Gasteiger partial charge in [-0.15, -0.1) is 11.8 Å². The molecule has 0 amide bonds. The predicted molar refractivity (Wildman–Crippen MR) is 91.4 cm³/mol. The highest BCUT2D eigenvalue weighted by atomic mass is 32.2. The van der Waals surface area contributed by atoms with Gasteiger partial charge in [-0.3, -0.25) is 4.98 Å². The Morgan fingerprint density at radius 3 is 2.96 bits per heavy atom. The fraction of sp³-hybridized carbons (Fsp3) is 0.176. The predicted octanol–water partition coefficient (Wildman–Crippen LogP) is 4.61. The number of aromatic nitrogens is 1. The molecule has 0 spiro atoms. The number of nitrogens with one attached hydrogen (secondary N) is 1. The van der Waals surface area contributed by atoms with E-state index in [1.807, 2.05) is 6.26 Å². The van der Waals surface area contributed by atoms with Crippen LogP contribution in [0.1, 0.15) is 17.5 Å². The van der Waals surface area contributed by atoms with E-state index in [9.17, 15) is 9.18 Å². The average Bonchev–Trinajstić information content (AvgIpc) is 2.95. The van der Waals surface area contributed by atoms with E-state index in [1.54, 1.807) is 37.5 Å². The maximum Gasteiger partial charge on any atom is 0.376 e. The van der Waals surface area contributed by atoms with Gasteiger partial charge >= 0.3 is 5.97 Å². The summed E-state index contributed by atoms with van der Waals surface area (Å²) in [5, 5.41) is 3.51. The van der Waals surface area contributed by atoms with Gasteiger partial charge in [0.05, 0.1) is 17.7 Å². The zero-order valence-corrected chi connectivity index (χ0v) is 13.9. The molecule has 0 unspecified atom stereocenters. The highest BCUT2D eigenvalue weighted by Crippen LogP contribution is 2.34. The van der Waals surface area contributed by atoms with Gasteiger partial charge in [-0.2, -0.15) is 0 Å². The Labute approximate surface area is 142 Å². The van der Waals surface area contributed by atoms with Crippen LogP contribution in [-0.2, 0) is 4.74 Å². The quantitative estimate of drug-likeness (QED) is 0.538. The number of carbonyl (C=O) groups excluding carboxylic acids is 1. The van der Waals surface area contributed by atoms with Gasteiger partial charge in [0.15, 0.2) is 0 Å². The van der Waals surface area contributed by atoms with E-state index in [0.717, 1.165) is 4.90 Å². The number of fused-ring (bicyclic) bond motifs is 1. The molecule has 0 aliphatic heterocycles. The van der Waals surface area contributed by atoms with E-state index >= 15 is 0 Å². The number of rotatable bonds is 5. The third-order valence-electron chi connectivity index (χ3n) is 3.39. The van der Waals surface area contributed by atoms with Gasteiger partial charge in [0.25, 0.3) is 0 Å². The Bertz CT molecular complexity index is 895. The lowest BCUT2D eigenvalue weighted by atomic mass is 10.2. The van der Waals surface area contributed by atoms with Gasteiger partial charge in [-0.25, -0.2) is 9.18 Å². The first-order chi connectivity index (χ1) is 11.6. The van der Waals surface area contributed by atoms with Crippen molar-refractivity contribution in [1.82, 2.24) is 4.98 Å². The van der Waals surface area contributed by atoms with Gasteiger partial charge in [0.1, 0.15) is 17.1 Å². The van der Waals surface area contributed by atoms with Crippen LogP contribution in [-0.4, -0.2) is 23.8 Å². The minimum absolute atomic E-state index is 0.00630. The lowest BCUT2D eigenvalue weighted by Gasteiger charge is -2.09. The fourth-order valence-electron chi connectivity index (χ4n) is 2.27. The maximum absolute atomic E-state index is 14.3. The van der Waals surface area contributed by atoms with Crippen molar-refractivity contribution in [2.24, 2.45) is 0 Å². The lowest BCUT2D eigenvalue weighted by Crippen LogP contribution is -2.06. The molecule has 0 aliphatic rings. The summed E-state index contributed by atoms with van der Waals surface area (Å²) in [6, 6.07) is 6.47. The number of furan rings is 1. The first-order valence-corrected chi connectivity index (χ1v) is 8.50. The first-order valence-electron chi connectivity index (χ1n) is 7.28. The van der Waals surface area contributed by atoms with Crippen LogP contribution < -0.4 is 5.32 Å². The number of hydrogen-bond acceptors (Lipinski definition) is 6. The Balaban J connectivity index is 2.07. The number of ether oxygens (including phenoxy) is 1. The number of thioether (sulfide) groups is 1. The Morgan fingerprint density at radius 1 is 1.42 bits per heavy atom. The number of pyridine rings is 1. The minimum Gasteiger partial charge on any atom is -0.460 e. The molecule has 3 rings (SSSR count). The first kappa shape index (κ1) is 16.3. The summed E-state index contributed by atoms with van der Waals surface area (Å²) in [4.78, 5) is 17.0. The third kappa shape index (κ3) is 3.07. The van der Waals surface area contributed by atoms with Gasteiger partial charge in [-0.1, -0.05) is 0 Å². The van der Waals surface area contributed by atoms with Gasteiger partial charge in [0.2, 0.25) is 5.76 Å². The molecule has 0 saturated carbocycles. The summed E-state index contributed by atoms with van der Waals surface area (Å²) in [6.45, 7) is 1.92. The van der Waals surface area contributed by atoms with Crippen LogP contribution in [0.3, 0.4) is 0 Å². The zero-order chi connectivity index (χ0) is 17.1. The lowest BCUT2D eigenvalue weighted by molar-refractivity contribution is 0.0494. The largest absolute Gasteiger partial charge is 0.460 e. The van der Waals surface area contributed by atoms with Crippen LogP contribution in [0.15, 0.2) is 46.0 Å². The van der Waals surface area contributed by atoms with Crippen LogP contribution in [0.25, 0.3) is 11.0 Å². The molecule has 0 fully saturated rings. The van der Waals surface area contributed by atoms with E-state index in [4.69, 9.17) is 9.15 Å². The number of halogens is 1. The van der Waals surface area contributed by atoms with Crippen LogP contribution >= 0.6 is 11.8 Å². The number of nitrogens with zero attached hydrogens (tertiary/aromatic N) is 1. The van der Waals surface area contributed by atoms with Crippen molar-refractivity contribution < 1.29 is 18.3 Å². The number of hydrogen-bond donors (Lipinski definition) is 1. The SMILES string of the molecule is CCOC(=O)c1oc2ccncc2c1Nc1ccc(SC)cc1F. The molecule has 7 heteroatoms. The number of anilines is 2. The van der Waals surface area contributed by atoms with Crippen molar-refractivity contribution >= 4 is 40.1 Å². The van der Waals surface area contributed by atoms with E-state index in [1.165, 1.54) is 17.8 Å². The monoisotopic (exact) mass is 346 g/mol. The fourth-order valence-corrected chi connectivity index (χ4v) is 2.69. The minimum atomic E-state index is -0.614. The highest BCUT2D eigenvalue weighted by Gasteiger charge is 2.23. The van der Waals surface area contributed by atoms with E-state index in [2.05, 4.69) is 10.3 Å².